The third kappa shape index (κ3) is 5.21. The fraction of sp³-hybridized carbons (Fsp3) is 0.320. The molecular weight excluding hydrogens is 455 g/mol. The van der Waals surface area contributed by atoms with E-state index in [1.54, 1.807) is 33.8 Å². The van der Waals surface area contributed by atoms with Crippen LogP contribution in [-0.2, 0) is 19.6 Å². The molecule has 2 aromatic carbocycles. The van der Waals surface area contributed by atoms with Crippen LogP contribution in [0.5, 0.6) is 17.2 Å². The molecule has 4 rings (SSSR count). The molecule has 1 aliphatic rings. The van der Waals surface area contributed by atoms with Gasteiger partial charge in [-0.2, -0.15) is 5.10 Å². The average Bonchev–Trinajstić information content (AvgIpc) is 3.25. The zero-order valence-corrected chi connectivity index (χ0v) is 19.8. The number of amides is 2. The Morgan fingerprint density at radius 3 is 2.31 bits per heavy atom. The molecule has 2 amide bonds. The van der Waals surface area contributed by atoms with Crippen LogP contribution in [0.15, 0.2) is 42.5 Å². The monoisotopic (exact) mass is 482 g/mol. The van der Waals surface area contributed by atoms with E-state index in [1.807, 2.05) is 0 Å². The van der Waals surface area contributed by atoms with Crippen molar-refractivity contribution in [2.45, 2.75) is 26.1 Å². The molecule has 184 valence electrons. The molecule has 1 aromatic heterocycles. The number of halogens is 1. The standard InChI is InChI=1S/C25H27FN4O5/c1-33-21-11-17(12-22(34-2)23(21)35-3)14-27-24(31)19-13-20-25(32)29(9-4-10-30(20)28-19)15-16-5-7-18(26)8-6-16/h5-8,11-13H,4,9-10,14-15H2,1-3H3,(H,27,31). The molecule has 0 bridgehead atoms. The third-order valence-corrected chi connectivity index (χ3v) is 5.78. The summed E-state index contributed by atoms with van der Waals surface area (Å²) in [5.41, 5.74) is 2.08. The Kier molecular flexibility index (Phi) is 7.19. The van der Waals surface area contributed by atoms with E-state index in [4.69, 9.17) is 14.2 Å². The summed E-state index contributed by atoms with van der Waals surface area (Å²) in [5.74, 6) is 0.483. The van der Waals surface area contributed by atoms with Gasteiger partial charge < -0.3 is 24.4 Å². The van der Waals surface area contributed by atoms with Crippen molar-refractivity contribution >= 4 is 11.8 Å². The minimum atomic E-state index is -0.405. The van der Waals surface area contributed by atoms with Crippen LogP contribution in [0.25, 0.3) is 0 Å². The summed E-state index contributed by atoms with van der Waals surface area (Å²) in [5, 5.41) is 7.18. The second-order valence-corrected chi connectivity index (χ2v) is 8.06. The van der Waals surface area contributed by atoms with Crippen LogP contribution in [0, 0.1) is 5.82 Å². The van der Waals surface area contributed by atoms with Crippen LogP contribution in [0.1, 0.15) is 38.5 Å². The maximum Gasteiger partial charge on any atom is 0.272 e. The van der Waals surface area contributed by atoms with Crippen molar-refractivity contribution < 1.29 is 28.2 Å². The van der Waals surface area contributed by atoms with Crippen molar-refractivity contribution in [3.05, 3.63) is 70.8 Å². The average molecular weight is 483 g/mol. The molecule has 0 saturated heterocycles. The molecule has 0 fully saturated rings. The number of hydrogen-bond acceptors (Lipinski definition) is 6. The Morgan fingerprint density at radius 2 is 1.69 bits per heavy atom. The van der Waals surface area contributed by atoms with Gasteiger partial charge in [0.05, 0.1) is 21.3 Å². The van der Waals surface area contributed by atoms with Gasteiger partial charge in [-0.25, -0.2) is 4.39 Å². The van der Waals surface area contributed by atoms with Crippen molar-refractivity contribution in [1.82, 2.24) is 20.0 Å². The number of carbonyl (C=O) groups is 2. The first-order valence-electron chi connectivity index (χ1n) is 11.1. The lowest BCUT2D eigenvalue weighted by Crippen LogP contribution is -2.30. The largest absolute Gasteiger partial charge is 0.493 e. The number of benzene rings is 2. The number of ether oxygens (including phenoxy) is 3. The fourth-order valence-electron chi connectivity index (χ4n) is 4.02. The van der Waals surface area contributed by atoms with Gasteiger partial charge in [0.25, 0.3) is 11.8 Å². The number of rotatable bonds is 8. The van der Waals surface area contributed by atoms with Crippen LogP contribution in [-0.4, -0.2) is 54.4 Å². The van der Waals surface area contributed by atoms with Crippen molar-refractivity contribution in [3.8, 4) is 17.2 Å². The lowest BCUT2D eigenvalue weighted by molar-refractivity contribution is 0.0745. The van der Waals surface area contributed by atoms with Gasteiger partial charge in [0.2, 0.25) is 5.75 Å². The number of nitrogens with one attached hydrogen (secondary N) is 1. The molecule has 0 saturated carbocycles. The minimum absolute atomic E-state index is 0.157. The van der Waals surface area contributed by atoms with Gasteiger partial charge in [-0.1, -0.05) is 12.1 Å². The Bertz CT molecular complexity index is 1200. The molecule has 0 unspecified atom stereocenters. The smallest absolute Gasteiger partial charge is 0.272 e. The van der Waals surface area contributed by atoms with E-state index in [-0.39, 0.29) is 24.0 Å². The van der Waals surface area contributed by atoms with Gasteiger partial charge in [-0.3, -0.25) is 14.3 Å². The lowest BCUT2D eigenvalue weighted by Gasteiger charge is -2.20. The van der Waals surface area contributed by atoms with Crippen LogP contribution in [0.4, 0.5) is 4.39 Å². The highest BCUT2D eigenvalue weighted by Gasteiger charge is 2.26. The number of hydrogen-bond donors (Lipinski definition) is 1. The predicted molar refractivity (Wildman–Crippen MR) is 125 cm³/mol. The highest BCUT2D eigenvalue weighted by atomic mass is 19.1. The summed E-state index contributed by atoms with van der Waals surface area (Å²) >= 11 is 0. The number of fused-ring (bicyclic) bond motifs is 1. The van der Waals surface area contributed by atoms with E-state index in [2.05, 4.69) is 10.4 Å². The summed E-state index contributed by atoms with van der Waals surface area (Å²) in [7, 11) is 4.56. The molecule has 35 heavy (non-hydrogen) atoms. The SMILES string of the molecule is COc1cc(CNC(=O)c2cc3n(n2)CCCN(Cc2ccc(F)cc2)C3=O)cc(OC)c1OC. The number of methoxy groups -OCH3 is 3. The van der Waals surface area contributed by atoms with Crippen molar-refractivity contribution in [2.75, 3.05) is 27.9 Å². The van der Waals surface area contributed by atoms with Crippen molar-refractivity contribution in [2.24, 2.45) is 0 Å². The zero-order valence-electron chi connectivity index (χ0n) is 19.8. The van der Waals surface area contributed by atoms with Gasteiger partial charge in [0, 0.05) is 32.2 Å². The van der Waals surface area contributed by atoms with Crippen LogP contribution in [0.2, 0.25) is 0 Å². The van der Waals surface area contributed by atoms with Gasteiger partial charge in [-0.05, 0) is 41.8 Å². The molecule has 2 heterocycles. The minimum Gasteiger partial charge on any atom is -0.493 e. The molecule has 9 nitrogen and oxygen atoms in total. The van der Waals surface area contributed by atoms with E-state index in [0.29, 0.717) is 49.0 Å². The fourth-order valence-corrected chi connectivity index (χ4v) is 4.02. The quantitative estimate of drug-likeness (QED) is 0.531. The topological polar surface area (TPSA) is 94.9 Å². The molecular formula is C25H27FN4O5. The van der Waals surface area contributed by atoms with Crippen LogP contribution in [0.3, 0.4) is 0 Å². The van der Waals surface area contributed by atoms with E-state index >= 15 is 0 Å². The van der Waals surface area contributed by atoms with Crippen LogP contribution >= 0.6 is 0 Å². The molecule has 0 radical (unpaired) electrons. The highest BCUT2D eigenvalue weighted by Crippen LogP contribution is 2.38. The summed E-state index contributed by atoms with van der Waals surface area (Å²) in [6.07, 6.45) is 0.689. The maximum atomic E-state index is 13.2. The first-order valence-corrected chi connectivity index (χ1v) is 11.1. The summed E-state index contributed by atoms with van der Waals surface area (Å²) < 4.78 is 30.8. The predicted octanol–water partition coefficient (Wildman–Crippen LogP) is 3.02. The maximum absolute atomic E-state index is 13.2. The first-order chi connectivity index (χ1) is 16.9. The number of aromatic nitrogens is 2. The number of aryl methyl sites for hydroxylation is 1. The van der Waals surface area contributed by atoms with Crippen LogP contribution < -0.4 is 19.5 Å². The lowest BCUT2D eigenvalue weighted by atomic mass is 10.1. The zero-order chi connectivity index (χ0) is 24.9. The van der Waals surface area contributed by atoms with Crippen molar-refractivity contribution in [3.63, 3.8) is 0 Å². The number of nitrogens with zero attached hydrogens (tertiary/aromatic N) is 3. The van der Waals surface area contributed by atoms with E-state index in [1.165, 1.54) is 39.5 Å². The Labute approximate surface area is 202 Å². The molecule has 3 aromatic rings. The second-order valence-electron chi connectivity index (χ2n) is 8.06. The summed E-state index contributed by atoms with van der Waals surface area (Å²) in [6.45, 7) is 1.61. The Hall–Kier alpha value is -4.08. The Morgan fingerprint density at radius 1 is 1.00 bits per heavy atom. The van der Waals surface area contributed by atoms with Gasteiger partial charge in [0.1, 0.15) is 11.5 Å². The molecule has 1 N–H and O–H groups in total. The Balaban J connectivity index is 1.47. The molecule has 1 aliphatic heterocycles. The highest BCUT2D eigenvalue weighted by molar-refractivity contribution is 5.98. The van der Waals surface area contributed by atoms with E-state index in [9.17, 15) is 14.0 Å². The summed E-state index contributed by atoms with van der Waals surface area (Å²) in [6, 6.07) is 11.1. The first kappa shape index (κ1) is 24.1. The van der Waals surface area contributed by atoms with E-state index in [0.717, 1.165) is 11.1 Å². The third-order valence-electron chi connectivity index (χ3n) is 5.78. The molecule has 10 heteroatoms. The van der Waals surface area contributed by atoms with E-state index < -0.39 is 5.91 Å². The van der Waals surface area contributed by atoms with Gasteiger partial charge in [-0.15, -0.1) is 0 Å². The van der Waals surface area contributed by atoms with Gasteiger partial charge >= 0.3 is 0 Å². The number of carbonyl (C=O) groups excluding carboxylic acids is 2. The molecule has 0 atom stereocenters. The van der Waals surface area contributed by atoms with Crippen molar-refractivity contribution in [1.29, 1.82) is 0 Å². The molecule has 0 spiro atoms. The molecule has 0 aliphatic carbocycles. The second kappa shape index (κ2) is 10.5. The summed E-state index contributed by atoms with van der Waals surface area (Å²) in [4.78, 5) is 27.7. The normalized spacial score (nSPS) is 13.1. The van der Waals surface area contributed by atoms with Gasteiger partial charge in [0.15, 0.2) is 17.2 Å².